The van der Waals surface area contributed by atoms with Gasteiger partial charge in [0.2, 0.25) is 0 Å². The van der Waals surface area contributed by atoms with Gasteiger partial charge in [0.25, 0.3) is 0 Å². The molecule has 0 radical (unpaired) electrons. The molecule has 0 heterocycles. The van der Waals surface area contributed by atoms with Crippen molar-refractivity contribution < 1.29 is 10.2 Å². The molecule has 2 N–H and O–H groups in total. The molecular formula is C20H24O2. The molecule has 3 aliphatic carbocycles. The van der Waals surface area contributed by atoms with Gasteiger partial charge in [0.05, 0.1) is 6.10 Å². The summed E-state index contributed by atoms with van der Waals surface area (Å²) >= 11 is 0. The Morgan fingerprint density at radius 1 is 1.32 bits per heavy atom. The zero-order chi connectivity index (χ0) is 15.5. The zero-order valence-electron chi connectivity index (χ0n) is 13.1. The number of phenolic OH excluding ortho intramolecular Hbond substituents is 1. The quantitative estimate of drug-likeness (QED) is 0.720. The first-order valence-electron chi connectivity index (χ1n) is 8.50. The van der Waals surface area contributed by atoms with Crippen molar-refractivity contribution in [1.82, 2.24) is 0 Å². The van der Waals surface area contributed by atoms with Gasteiger partial charge in [-0.1, -0.05) is 13.0 Å². The minimum Gasteiger partial charge on any atom is -0.508 e. The van der Waals surface area contributed by atoms with Gasteiger partial charge in [-0.15, -0.1) is 12.3 Å². The zero-order valence-corrected chi connectivity index (χ0v) is 13.1. The first-order valence-corrected chi connectivity index (χ1v) is 8.50. The molecule has 1 aromatic carbocycles. The predicted octanol–water partition coefficient (Wildman–Crippen LogP) is 3.47. The van der Waals surface area contributed by atoms with E-state index in [4.69, 9.17) is 6.42 Å². The molecule has 4 rings (SSSR count). The van der Waals surface area contributed by atoms with E-state index in [2.05, 4.69) is 18.9 Å². The summed E-state index contributed by atoms with van der Waals surface area (Å²) in [4.78, 5) is 0. The Labute approximate surface area is 132 Å². The van der Waals surface area contributed by atoms with Crippen molar-refractivity contribution in [2.45, 2.75) is 51.0 Å². The van der Waals surface area contributed by atoms with Crippen molar-refractivity contribution in [3.8, 4) is 18.1 Å². The number of aryl methyl sites for hydroxylation is 1. The fourth-order valence-corrected chi connectivity index (χ4v) is 5.75. The highest BCUT2D eigenvalue weighted by Gasteiger charge is 2.57. The average molecular weight is 296 g/mol. The molecule has 3 aliphatic rings. The van der Waals surface area contributed by atoms with Gasteiger partial charge in [0, 0.05) is 5.92 Å². The molecule has 22 heavy (non-hydrogen) atoms. The standard InChI is InChI=1S/C20H24O2/c1-3-12-11-18-17-6-4-13-10-14(21)5-7-15(13)16(17)8-9-20(18,2)19(12)22/h1,5,7,10,12,16-19,21-22H,4,6,8-9,11H2,2H3/t12-,16?,17?,18?,19+,20+/m1/s1. The van der Waals surface area contributed by atoms with Gasteiger partial charge in [-0.3, -0.25) is 0 Å². The van der Waals surface area contributed by atoms with Crippen LogP contribution in [0.5, 0.6) is 5.75 Å². The third-order valence-corrected chi connectivity index (χ3v) is 6.93. The number of hydrogen-bond donors (Lipinski definition) is 2. The highest BCUT2D eigenvalue weighted by atomic mass is 16.3. The Hall–Kier alpha value is -1.46. The lowest BCUT2D eigenvalue weighted by Gasteiger charge is -2.50. The van der Waals surface area contributed by atoms with Crippen molar-refractivity contribution in [1.29, 1.82) is 0 Å². The molecule has 2 saturated carbocycles. The normalized spacial score (nSPS) is 42.9. The van der Waals surface area contributed by atoms with Gasteiger partial charge in [-0.2, -0.15) is 0 Å². The fraction of sp³-hybridized carbons (Fsp3) is 0.600. The van der Waals surface area contributed by atoms with E-state index in [9.17, 15) is 10.2 Å². The summed E-state index contributed by atoms with van der Waals surface area (Å²) in [6, 6.07) is 5.88. The maximum Gasteiger partial charge on any atom is 0.115 e. The Morgan fingerprint density at radius 3 is 2.91 bits per heavy atom. The molecule has 0 aromatic heterocycles. The summed E-state index contributed by atoms with van der Waals surface area (Å²) in [5.74, 6) is 4.97. The van der Waals surface area contributed by atoms with E-state index < -0.39 is 0 Å². The number of hydrogen-bond acceptors (Lipinski definition) is 2. The Kier molecular flexibility index (Phi) is 3.07. The third kappa shape index (κ3) is 1.78. The summed E-state index contributed by atoms with van der Waals surface area (Å²) in [5.41, 5.74) is 2.73. The van der Waals surface area contributed by atoms with E-state index in [0.29, 0.717) is 23.5 Å². The van der Waals surface area contributed by atoms with E-state index in [-0.39, 0.29) is 17.4 Å². The molecule has 1 aromatic rings. The van der Waals surface area contributed by atoms with Crippen LogP contribution in [0.2, 0.25) is 0 Å². The molecule has 116 valence electrons. The van der Waals surface area contributed by atoms with Gasteiger partial charge < -0.3 is 10.2 Å². The van der Waals surface area contributed by atoms with E-state index >= 15 is 0 Å². The molecule has 2 nitrogen and oxygen atoms in total. The van der Waals surface area contributed by atoms with E-state index in [0.717, 1.165) is 32.1 Å². The van der Waals surface area contributed by atoms with E-state index in [1.165, 1.54) is 11.1 Å². The lowest BCUT2D eigenvalue weighted by Crippen LogP contribution is -2.44. The molecule has 0 aliphatic heterocycles. The predicted molar refractivity (Wildman–Crippen MR) is 86.4 cm³/mol. The van der Waals surface area contributed by atoms with Gasteiger partial charge in [0.15, 0.2) is 0 Å². The van der Waals surface area contributed by atoms with Gasteiger partial charge in [0.1, 0.15) is 5.75 Å². The molecule has 6 atom stereocenters. The van der Waals surface area contributed by atoms with Crippen LogP contribution in [-0.4, -0.2) is 16.3 Å². The monoisotopic (exact) mass is 296 g/mol. The number of aliphatic hydroxyl groups excluding tert-OH is 1. The van der Waals surface area contributed by atoms with Crippen LogP contribution in [-0.2, 0) is 6.42 Å². The number of aromatic hydroxyl groups is 1. The molecule has 3 unspecified atom stereocenters. The van der Waals surface area contributed by atoms with Crippen LogP contribution in [0.25, 0.3) is 0 Å². The molecule has 2 heteroatoms. The van der Waals surface area contributed by atoms with Gasteiger partial charge >= 0.3 is 0 Å². The number of fused-ring (bicyclic) bond motifs is 5. The third-order valence-electron chi connectivity index (χ3n) is 6.93. The highest BCUT2D eigenvalue weighted by molar-refractivity contribution is 5.40. The lowest BCUT2D eigenvalue weighted by molar-refractivity contribution is -0.0278. The van der Waals surface area contributed by atoms with E-state index in [1.807, 2.05) is 12.1 Å². The second kappa shape index (κ2) is 4.77. The van der Waals surface area contributed by atoms with Crippen LogP contribution >= 0.6 is 0 Å². The first kappa shape index (κ1) is 14.2. The van der Waals surface area contributed by atoms with Crippen molar-refractivity contribution in [2.75, 3.05) is 0 Å². The number of terminal acetylenes is 1. The van der Waals surface area contributed by atoms with Crippen molar-refractivity contribution in [2.24, 2.45) is 23.2 Å². The van der Waals surface area contributed by atoms with Gasteiger partial charge in [-0.25, -0.2) is 0 Å². The van der Waals surface area contributed by atoms with Crippen molar-refractivity contribution >= 4 is 0 Å². The lowest BCUT2D eigenvalue weighted by atomic mass is 9.55. The average Bonchev–Trinajstić information content (AvgIpc) is 2.78. The maximum absolute atomic E-state index is 10.7. The number of rotatable bonds is 0. The molecule has 2 fully saturated rings. The second-order valence-corrected chi connectivity index (χ2v) is 7.80. The van der Waals surface area contributed by atoms with Crippen molar-refractivity contribution in [3.63, 3.8) is 0 Å². The summed E-state index contributed by atoms with van der Waals surface area (Å²) < 4.78 is 0. The summed E-state index contributed by atoms with van der Waals surface area (Å²) in [6.45, 7) is 2.25. The molecule has 0 bridgehead atoms. The summed E-state index contributed by atoms with van der Waals surface area (Å²) in [5, 5.41) is 20.4. The van der Waals surface area contributed by atoms with E-state index in [1.54, 1.807) is 0 Å². The topological polar surface area (TPSA) is 40.5 Å². The minimum absolute atomic E-state index is 0.00732. The van der Waals surface area contributed by atoms with Crippen molar-refractivity contribution in [3.05, 3.63) is 29.3 Å². The van der Waals surface area contributed by atoms with Crippen LogP contribution in [0, 0.1) is 35.5 Å². The number of benzene rings is 1. The van der Waals surface area contributed by atoms with Crippen LogP contribution in [0.15, 0.2) is 18.2 Å². The highest BCUT2D eigenvalue weighted by Crippen LogP contribution is 2.62. The Morgan fingerprint density at radius 2 is 2.14 bits per heavy atom. The fourth-order valence-electron chi connectivity index (χ4n) is 5.75. The molecule has 0 amide bonds. The first-order chi connectivity index (χ1) is 10.5. The number of aliphatic hydroxyl groups is 1. The summed E-state index contributed by atoms with van der Waals surface area (Å²) in [6.07, 6.45) is 10.7. The summed E-state index contributed by atoms with van der Waals surface area (Å²) in [7, 11) is 0. The smallest absolute Gasteiger partial charge is 0.115 e. The van der Waals surface area contributed by atoms with Crippen LogP contribution in [0.1, 0.15) is 49.7 Å². The Bertz CT molecular complexity index is 644. The minimum atomic E-state index is -0.343. The van der Waals surface area contributed by atoms with Crippen LogP contribution in [0.3, 0.4) is 0 Å². The van der Waals surface area contributed by atoms with Crippen LogP contribution in [0.4, 0.5) is 0 Å². The number of phenols is 1. The maximum atomic E-state index is 10.7. The van der Waals surface area contributed by atoms with Gasteiger partial charge in [-0.05, 0) is 78.5 Å². The second-order valence-electron chi connectivity index (χ2n) is 7.80. The molecule has 0 spiro atoms. The molecular weight excluding hydrogens is 272 g/mol. The molecule has 0 saturated heterocycles. The Balaban J connectivity index is 1.71. The van der Waals surface area contributed by atoms with Crippen LogP contribution < -0.4 is 0 Å². The largest absolute Gasteiger partial charge is 0.508 e. The SMILES string of the molecule is C#C[C@@H]1CC2C3CCc4cc(O)ccc4C3CC[C@]2(C)[C@H]1O.